The normalized spacial score (nSPS) is 18.7. The van der Waals surface area contributed by atoms with Gasteiger partial charge in [-0.15, -0.1) is 6.58 Å². The molecule has 1 atom stereocenters. The van der Waals surface area contributed by atoms with Crippen LogP contribution >= 0.6 is 0 Å². The van der Waals surface area contributed by atoms with Crippen molar-refractivity contribution in [1.29, 1.82) is 0 Å². The Morgan fingerprint density at radius 2 is 1.41 bits per heavy atom. The summed E-state index contributed by atoms with van der Waals surface area (Å²) in [5.74, 6) is 0.625. The molecule has 2 heterocycles. The van der Waals surface area contributed by atoms with E-state index in [1.54, 1.807) is 0 Å². The molecular formula is C49H53N2+. The second kappa shape index (κ2) is 14.0. The van der Waals surface area contributed by atoms with Crippen LogP contribution in [-0.2, 0) is 23.7 Å². The Balaban J connectivity index is 1.46. The van der Waals surface area contributed by atoms with Crippen molar-refractivity contribution in [3.8, 4) is 0 Å². The fourth-order valence-electron chi connectivity index (χ4n) is 8.96. The van der Waals surface area contributed by atoms with Gasteiger partial charge in [-0.25, -0.2) is 0 Å². The molecule has 0 bridgehead atoms. The molecule has 51 heavy (non-hydrogen) atoms. The number of aryl methyl sites for hydroxylation is 2. The van der Waals surface area contributed by atoms with Gasteiger partial charge in [-0.3, -0.25) is 0 Å². The number of likely N-dealkylation sites (N-methyl/N-ethyl adjacent to an activating group) is 1. The second-order valence-electron chi connectivity index (χ2n) is 15.5. The number of nitrogens with zero attached hydrogens (tertiary/aromatic N) is 2. The first-order chi connectivity index (χ1) is 24.7. The van der Waals surface area contributed by atoms with Gasteiger partial charge < -0.3 is 4.90 Å². The number of fused-ring (bicyclic) bond motifs is 4. The SMILES string of the molecule is C=CCC1(C)C(/C=C/C=C2/N(C)c3ccc4ccccc4c3C2(Cc2ccccc2C)Cc2ccccc2C)=[N+](CCC(C)C)c2ccccc21. The van der Waals surface area contributed by atoms with Crippen molar-refractivity contribution < 1.29 is 4.58 Å². The number of para-hydroxylation sites is 1. The summed E-state index contributed by atoms with van der Waals surface area (Å²) in [6.45, 7) is 16.8. The van der Waals surface area contributed by atoms with Crippen molar-refractivity contribution in [2.24, 2.45) is 5.92 Å². The highest BCUT2D eigenvalue weighted by Gasteiger charge is 2.48. The molecule has 0 fully saturated rings. The number of anilines is 1. The maximum absolute atomic E-state index is 4.22. The molecule has 0 spiro atoms. The van der Waals surface area contributed by atoms with Crippen LogP contribution in [0.2, 0.25) is 0 Å². The quantitative estimate of drug-likeness (QED) is 0.100. The Morgan fingerprint density at radius 3 is 2.08 bits per heavy atom. The van der Waals surface area contributed by atoms with Gasteiger partial charge in [0.15, 0.2) is 5.71 Å². The highest BCUT2D eigenvalue weighted by molar-refractivity contribution is 6.04. The van der Waals surface area contributed by atoms with Gasteiger partial charge in [-0.05, 0) is 96.7 Å². The van der Waals surface area contributed by atoms with Crippen molar-refractivity contribution in [1.82, 2.24) is 0 Å². The van der Waals surface area contributed by atoms with Gasteiger partial charge in [0, 0.05) is 48.0 Å². The lowest BCUT2D eigenvalue weighted by Crippen LogP contribution is -2.35. The van der Waals surface area contributed by atoms with Gasteiger partial charge in [-0.2, -0.15) is 4.58 Å². The lowest BCUT2D eigenvalue weighted by Gasteiger charge is -2.35. The highest BCUT2D eigenvalue weighted by Crippen LogP contribution is 2.54. The number of hydrogen-bond acceptors (Lipinski definition) is 1. The summed E-state index contributed by atoms with van der Waals surface area (Å²) < 4.78 is 2.59. The zero-order valence-electron chi connectivity index (χ0n) is 31.4. The number of hydrogen-bond donors (Lipinski definition) is 0. The molecule has 0 N–H and O–H groups in total. The predicted molar refractivity (Wildman–Crippen MR) is 219 cm³/mol. The average Bonchev–Trinajstić information content (AvgIpc) is 3.50. The van der Waals surface area contributed by atoms with Gasteiger partial charge in [0.2, 0.25) is 5.69 Å². The van der Waals surface area contributed by atoms with Crippen molar-refractivity contribution in [2.75, 3.05) is 18.5 Å². The van der Waals surface area contributed by atoms with Crippen molar-refractivity contribution in [3.05, 3.63) is 179 Å². The summed E-state index contributed by atoms with van der Waals surface area (Å²) in [6, 6.07) is 40.6. The summed E-state index contributed by atoms with van der Waals surface area (Å²) in [6.07, 6.45) is 13.2. The zero-order valence-corrected chi connectivity index (χ0v) is 31.4. The first-order valence-corrected chi connectivity index (χ1v) is 18.8. The minimum absolute atomic E-state index is 0.148. The van der Waals surface area contributed by atoms with Crippen LogP contribution in [-0.4, -0.2) is 23.9 Å². The fraction of sp³-hybridized carbons (Fsp3) is 0.286. The van der Waals surface area contributed by atoms with Crippen LogP contribution in [0.25, 0.3) is 10.8 Å². The first-order valence-electron chi connectivity index (χ1n) is 18.8. The minimum atomic E-state index is -0.293. The third kappa shape index (κ3) is 6.09. The third-order valence-electron chi connectivity index (χ3n) is 11.7. The smallest absolute Gasteiger partial charge is 0.209 e. The molecule has 5 aromatic carbocycles. The minimum Gasteiger partial charge on any atom is -0.347 e. The van der Waals surface area contributed by atoms with E-state index in [4.69, 9.17) is 0 Å². The Labute approximate surface area is 306 Å². The molecule has 0 saturated heterocycles. The maximum Gasteiger partial charge on any atom is 0.209 e. The van der Waals surface area contributed by atoms with E-state index in [2.05, 4.69) is 191 Å². The van der Waals surface area contributed by atoms with Gasteiger partial charge >= 0.3 is 0 Å². The number of rotatable bonds is 11. The Morgan fingerprint density at radius 1 is 0.784 bits per heavy atom. The van der Waals surface area contributed by atoms with Crippen LogP contribution in [0.1, 0.15) is 67.0 Å². The van der Waals surface area contributed by atoms with Crippen molar-refractivity contribution >= 4 is 27.9 Å². The van der Waals surface area contributed by atoms with E-state index < -0.39 is 0 Å². The molecule has 0 aliphatic carbocycles. The van der Waals surface area contributed by atoms with Crippen molar-refractivity contribution in [3.63, 3.8) is 0 Å². The van der Waals surface area contributed by atoms with E-state index in [0.717, 1.165) is 32.2 Å². The fourth-order valence-corrected chi connectivity index (χ4v) is 8.96. The molecule has 7 rings (SSSR count). The van der Waals surface area contributed by atoms with Crippen LogP contribution in [0, 0.1) is 19.8 Å². The Kier molecular flexibility index (Phi) is 9.46. The predicted octanol–water partition coefficient (Wildman–Crippen LogP) is 11.7. The van der Waals surface area contributed by atoms with E-state index in [0.29, 0.717) is 5.92 Å². The first kappa shape index (κ1) is 34.5. The lowest BCUT2D eigenvalue weighted by atomic mass is 9.68. The van der Waals surface area contributed by atoms with Gasteiger partial charge in [-0.1, -0.05) is 123 Å². The van der Waals surface area contributed by atoms with E-state index in [-0.39, 0.29) is 10.8 Å². The zero-order chi connectivity index (χ0) is 35.8. The third-order valence-corrected chi connectivity index (χ3v) is 11.7. The molecule has 2 aliphatic heterocycles. The molecule has 1 unspecified atom stereocenters. The van der Waals surface area contributed by atoms with Gasteiger partial charge in [0.1, 0.15) is 6.54 Å². The summed E-state index contributed by atoms with van der Waals surface area (Å²) in [5.41, 5.74) is 13.2. The van der Waals surface area contributed by atoms with Crippen LogP contribution in [0.5, 0.6) is 0 Å². The topological polar surface area (TPSA) is 6.25 Å². The summed E-state index contributed by atoms with van der Waals surface area (Å²) in [5, 5.41) is 2.64. The van der Waals surface area contributed by atoms with Gasteiger partial charge in [0.25, 0.3) is 0 Å². The lowest BCUT2D eigenvalue weighted by molar-refractivity contribution is -0.439. The molecule has 2 heteroatoms. The maximum atomic E-state index is 4.22. The van der Waals surface area contributed by atoms with E-state index in [1.807, 2.05) is 0 Å². The Bertz CT molecular complexity index is 2150. The Hall–Kier alpha value is -4.95. The number of benzene rings is 5. The van der Waals surface area contributed by atoms with Crippen LogP contribution < -0.4 is 4.90 Å². The molecule has 0 aromatic heterocycles. The molecule has 258 valence electrons. The largest absolute Gasteiger partial charge is 0.347 e. The molecule has 0 amide bonds. The van der Waals surface area contributed by atoms with Crippen LogP contribution in [0.3, 0.4) is 0 Å². The molecule has 2 nitrogen and oxygen atoms in total. The molecule has 2 aliphatic rings. The molecule has 0 saturated carbocycles. The van der Waals surface area contributed by atoms with E-state index in [9.17, 15) is 0 Å². The van der Waals surface area contributed by atoms with Crippen LogP contribution in [0.4, 0.5) is 11.4 Å². The standard InChI is InChI=1S/C49H53N2/c1-8-31-48(6)42-24-15-16-25-43(42)51(32-30-35(2)3)45(48)26-17-27-46-49(33-39-21-11-9-18-36(39)4,34-40-22-12-10-19-37(40)5)47-41-23-14-13-20-38(41)28-29-44(47)50(46)7/h8-29,35H,1,30-34H2,2-7H3/q+1. The highest BCUT2D eigenvalue weighted by atomic mass is 15.2. The molecule has 0 radical (unpaired) electrons. The van der Waals surface area contributed by atoms with Crippen molar-refractivity contribution in [2.45, 2.75) is 71.1 Å². The second-order valence-corrected chi connectivity index (χ2v) is 15.5. The number of allylic oxidation sites excluding steroid dienone is 5. The average molecular weight is 670 g/mol. The summed E-state index contributed by atoms with van der Waals surface area (Å²) in [7, 11) is 2.28. The molecule has 5 aromatic rings. The summed E-state index contributed by atoms with van der Waals surface area (Å²) >= 11 is 0. The van der Waals surface area contributed by atoms with Gasteiger partial charge in [0.05, 0.1) is 5.41 Å². The van der Waals surface area contributed by atoms with E-state index >= 15 is 0 Å². The molecular weight excluding hydrogens is 617 g/mol. The van der Waals surface area contributed by atoms with Crippen LogP contribution in [0.15, 0.2) is 146 Å². The van der Waals surface area contributed by atoms with E-state index in [1.165, 1.54) is 66.9 Å². The monoisotopic (exact) mass is 669 g/mol. The summed E-state index contributed by atoms with van der Waals surface area (Å²) in [4.78, 5) is 2.48.